The SMILES string of the molecule is NC(Cc1csc2ccccc12)c1ccc(F)c(F)c1. The average Bonchev–Trinajstić information content (AvgIpc) is 2.85. The fourth-order valence-electron chi connectivity index (χ4n) is 2.29. The standard InChI is InChI=1S/C16H13F2NS/c17-13-6-5-10(7-14(13)18)15(19)8-11-9-20-16-4-2-1-3-12(11)16/h1-7,9,15H,8,19H2. The quantitative estimate of drug-likeness (QED) is 0.758. The molecule has 0 fully saturated rings. The molecule has 0 radical (unpaired) electrons. The van der Waals surface area contributed by atoms with Crippen LogP contribution < -0.4 is 5.73 Å². The average molecular weight is 289 g/mol. The lowest BCUT2D eigenvalue weighted by molar-refractivity contribution is 0.505. The molecule has 2 aromatic carbocycles. The first-order valence-electron chi connectivity index (χ1n) is 6.31. The minimum atomic E-state index is -0.854. The second-order valence-electron chi connectivity index (χ2n) is 4.74. The van der Waals surface area contributed by atoms with Crippen molar-refractivity contribution >= 4 is 21.4 Å². The van der Waals surface area contributed by atoms with Gasteiger partial charge < -0.3 is 5.73 Å². The van der Waals surface area contributed by atoms with Gasteiger partial charge in [0.25, 0.3) is 0 Å². The van der Waals surface area contributed by atoms with E-state index in [9.17, 15) is 8.78 Å². The van der Waals surface area contributed by atoms with Crippen LogP contribution in [0, 0.1) is 11.6 Å². The maximum atomic E-state index is 13.2. The van der Waals surface area contributed by atoms with Crippen LogP contribution in [0.3, 0.4) is 0 Å². The second-order valence-corrected chi connectivity index (χ2v) is 5.65. The van der Waals surface area contributed by atoms with Gasteiger partial charge in [-0.25, -0.2) is 8.78 Å². The Bertz CT molecular complexity index is 751. The molecule has 1 unspecified atom stereocenters. The minimum Gasteiger partial charge on any atom is -0.324 e. The fourth-order valence-corrected chi connectivity index (χ4v) is 3.26. The van der Waals surface area contributed by atoms with Gasteiger partial charge in [0.05, 0.1) is 0 Å². The van der Waals surface area contributed by atoms with Gasteiger partial charge in [-0.2, -0.15) is 0 Å². The summed E-state index contributed by atoms with van der Waals surface area (Å²) in [7, 11) is 0. The van der Waals surface area contributed by atoms with Crippen molar-refractivity contribution in [2.24, 2.45) is 5.73 Å². The molecule has 20 heavy (non-hydrogen) atoms. The molecule has 0 aliphatic heterocycles. The summed E-state index contributed by atoms with van der Waals surface area (Å²) in [5, 5.41) is 3.25. The highest BCUT2D eigenvalue weighted by Gasteiger charge is 2.12. The van der Waals surface area contributed by atoms with Crippen LogP contribution in [0.1, 0.15) is 17.2 Å². The summed E-state index contributed by atoms with van der Waals surface area (Å²) >= 11 is 1.67. The molecule has 0 spiro atoms. The van der Waals surface area contributed by atoms with Crippen molar-refractivity contribution in [3.8, 4) is 0 Å². The van der Waals surface area contributed by atoms with Crippen molar-refractivity contribution in [2.45, 2.75) is 12.5 Å². The molecule has 0 bridgehead atoms. The number of hydrogen-bond donors (Lipinski definition) is 1. The van der Waals surface area contributed by atoms with Crippen molar-refractivity contribution in [2.75, 3.05) is 0 Å². The first-order valence-corrected chi connectivity index (χ1v) is 7.19. The molecule has 2 N–H and O–H groups in total. The van der Waals surface area contributed by atoms with E-state index in [-0.39, 0.29) is 6.04 Å². The zero-order chi connectivity index (χ0) is 14.1. The van der Waals surface area contributed by atoms with E-state index in [0.717, 1.165) is 11.6 Å². The summed E-state index contributed by atoms with van der Waals surface area (Å²) in [5.74, 6) is -1.70. The summed E-state index contributed by atoms with van der Waals surface area (Å²) in [6.07, 6.45) is 0.606. The van der Waals surface area contributed by atoms with Crippen LogP contribution in [0.2, 0.25) is 0 Å². The Morgan fingerprint density at radius 1 is 1.05 bits per heavy atom. The Morgan fingerprint density at radius 3 is 2.65 bits per heavy atom. The van der Waals surface area contributed by atoms with E-state index in [4.69, 9.17) is 5.73 Å². The Hall–Kier alpha value is -1.78. The van der Waals surface area contributed by atoms with Crippen LogP contribution in [0.25, 0.3) is 10.1 Å². The van der Waals surface area contributed by atoms with Crippen LogP contribution >= 0.6 is 11.3 Å². The van der Waals surface area contributed by atoms with Gasteiger partial charge in [0.15, 0.2) is 11.6 Å². The van der Waals surface area contributed by atoms with Gasteiger partial charge in [0.2, 0.25) is 0 Å². The molecule has 4 heteroatoms. The highest BCUT2D eigenvalue weighted by Crippen LogP contribution is 2.29. The van der Waals surface area contributed by atoms with Crippen molar-refractivity contribution in [1.82, 2.24) is 0 Å². The Kier molecular flexibility index (Phi) is 3.51. The van der Waals surface area contributed by atoms with Gasteiger partial charge in [-0.05, 0) is 46.5 Å². The van der Waals surface area contributed by atoms with E-state index in [1.165, 1.54) is 22.2 Å². The lowest BCUT2D eigenvalue weighted by atomic mass is 9.99. The first-order chi connectivity index (χ1) is 9.65. The smallest absolute Gasteiger partial charge is 0.159 e. The Labute approximate surface area is 119 Å². The number of thiophene rings is 1. The molecule has 1 aromatic heterocycles. The highest BCUT2D eigenvalue weighted by atomic mass is 32.1. The molecule has 0 saturated carbocycles. The molecule has 0 saturated heterocycles. The molecule has 0 aliphatic rings. The van der Waals surface area contributed by atoms with Crippen LogP contribution in [-0.4, -0.2) is 0 Å². The first kappa shape index (κ1) is 13.2. The van der Waals surface area contributed by atoms with Gasteiger partial charge in [0, 0.05) is 10.7 Å². The van der Waals surface area contributed by atoms with Gasteiger partial charge in [0.1, 0.15) is 0 Å². The number of fused-ring (bicyclic) bond motifs is 1. The largest absolute Gasteiger partial charge is 0.324 e. The van der Waals surface area contributed by atoms with Crippen molar-refractivity contribution < 1.29 is 8.78 Å². The van der Waals surface area contributed by atoms with E-state index in [0.29, 0.717) is 12.0 Å². The minimum absolute atomic E-state index is 0.344. The maximum absolute atomic E-state index is 13.2. The Balaban J connectivity index is 1.88. The van der Waals surface area contributed by atoms with E-state index in [2.05, 4.69) is 17.5 Å². The van der Waals surface area contributed by atoms with Crippen molar-refractivity contribution in [1.29, 1.82) is 0 Å². The molecule has 3 rings (SSSR count). The summed E-state index contributed by atoms with van der Waals surface area (Å²) in [6, 6.07) is 11.6. The maximum Gasteiger partial charge on any atom is 0.159 e. The summed E-state index contributed by atoms with van der Waals surface area (Å²) < 4.78 is 27.4. The van der Waals surface area contributed by atoms with E-state index >= 15 is 0 Å². The monoisotopic (exact) mass is 289 g/mol. The van der Waals surface area contributed by atoms with E-state index in [1.54, 1.807) is 11.3 Å². The molecule has 1 nitrogen and oxygen atoms in total. The Morgan fingerprint density at radius 2 is 1.85 bits per heavy atom. The van der Waals surface area contributed by atoms with Gasteiger partial charge in [-0.15, -0.1) is 11.3 Å². The number of hydrogen-bond acceptors (Lipinski definition) is 2. The van der Waals surface area contributed by atoms with Crippen molar-refractivity contribution in [3.63, 3.8) is 0 Å². The molecule has 0 aliphatic carbocycles. The third kappa shape index (κ3) is 2.44. The molecule has 1 heterocycles. The second kappa shape index (κ2) is 5.31. The third-order valence-electron chi connectivity index (χ3n) is 3.37. The van der Waals surface area contributed by atoms with Gasteiger partial charge >= 0.3 is 0 Å². The van der Waals surface area contributed by atoms with E-state index < -0.39 is 11.6 Å². The third-order valence-corrected chi connectivity index (χ3v) is 4.39. The molecule has 1 atom stereocenters. The molecule has 0 amide bonds. The zero-order valence-electron chi connectivity index (χ0n) is 10.6. The lowest BCUT2D eigenvalue weighted by Gasteiger charge is -2.12. The zero-order valence-corrected chi connectivity index (χ0v) is 11.5. The van der Waals surface area contributed by atoms with Crippen LogP contribution in [0.15, 0.2) is 47.8 Å². The number of nitrogens with two attached hydrogens (primary N) is 1. The molecular formula is C16H13F2NS. The van der Waals surface area contributed by atoms with E-state index in [1.807, 2.05) is 12.1 Å². The predicted octanol–water partition coefficient (Wildman–Crippen LogP) is 4.42. The number of halogens is 2. The van der Waals surface area contributed by atoms with Gasteiger partial charge in [-0.1, -0.05) is 24.3 Å². The molecular weight excluding hydrogens is 276 g/mol. The molecule has 3 aromatic rings. The highest BCUT2D eigenvalue weighted by molar-refractivity contribution is 7.17. The van der Waals surface area contributed by atoms with Crippen LogP contribution in [0.5, 0.6) is 0 Å². The molecule has 102 valence electrons. The van der Waals surface area contributed by atoms with Crippen LogP contribution in [-0.2, 0) is 6.42 Å². The van der Waals surface area contributed by atoms with Gasteiger partial charge in [-0.3, -0.25) is 0 Å². The topological polar surface area (TPSA) is 26.0 Å². The summed E-state index contributed by atoms with van der Waals surface area (Å²) in [6.45, 7) is 0. The van der Waals surface area contributed by atoms with Crippen molar-refractivity contribution in [3.05, 3.63) is 70.6 Å². The lowest BCUT2D eigenvalue weighted by Crippen LogP contribution is -2.13. The summed E-state index contributed by atoms with van der Waals surface area (Å²) in [4.78, 5) is 0. The fraction of sp³-hybridized carbons (Fsp3) is 0.125. The predicted molar refractivity (Wildman–Crippen MR) is 78.8 cm³/mol. The normalized spacial score (nSPS) is 12.8. The summed E-state index contributed by atoms with van der Waals surface area (Å²) in [5.41, 5.74) is 7.86. The number of rotatable bonds is 3. The van der Waals surface area contributed by atoms with Crippen LogP contribution in [0.4, 0.5) is 8.78 Å². The number of benzene rings is 2.